The van der Waals surface area contributed by atoms with E-state index >= 15 is 0 Å². The smallest absolute Gasteiger partial charge is 0.489 e. The molecular weight excluding hydrogens is 413 g/mol. The van der Waals surface area contributed by atoms with Crippen LogP contribution in [0.2, 0.25) is 0 Å². The zero-order chi connectivity index (χ0) is 21.4. The van der Waals surface area contributed by atoms with Crippen LogP contribution in [0, 0.1) is 6.92 Å². The lowest BCUT2D eigenvalue weighted by Crippen LogP contribution is -2.31. The van der Waals surface area contributed by atoms with Gasteiger partial charge in [-0.15, -0.1) is 13.2 Å². The molecule has 1 fully saturated rings. The highest BCUT2D eigenvalue weighted by molar-refractivity contribution is 7.89. The van der Waals surface area contributed by atoms with Gasteiger partial charge in [-0.2, -0.15) is 4.31 Å². The highest BCUT2D eigenvalue weighted by Gasteiger charge is 2.34. The van der Waals surface area contributed by atoms with Gasteiger partial charge in [0.05, 0.1) is 11.4 Å². The molecule has 0 spiro atoms. The van der Waals surface area contributed by atoms with Crippen LogP contribution >= 0.6 is 0 Å². The van der Waals surface area contributed by atoms with Crippen LogP contribution in [0.4, 0.5) is 13.2 Å². The van der Waals surface area contributed by atoms with Gasteiger partial charge in [0.1, 0.15) is 17.6 Å². The van der Waals surface area contributed by atoms with E-state index in [-0.39, 0.29) is 23.5 Å². The largest absolute Gasteiger partial charge is 0.573 e. The maximum absolute atomic E-state index is 12.7. The fourth-order valence-corrected chi connectivity index (χ4v) is 4.46. The molecule has 1 atom stereocenters. The summed E-state index contributed by atoms with van der Waals surface area (Å²) >= 11 is 0. The second-order valence-electron chi connectivity index (χ2n) is 6.64. The summed E-state index contributed by atoms with van der Waals surface area (Å²) < 4.78 is 74.3. The lowest BCUT2D eigenvalue weighted by atomic mass is 10.3. The average molecular weight is 432 g/mol. The zero-order valence-corrected chi connectivity index (χ0v) is 16.5. The van der Waals surface area contributed by atoms with Crippen molar-refractivity contribution in [2.45, 2.75) is 30.7 Å². The standard InChI is InChI=1S/C18H19F3N2O5S/c1-12-9-15(10-17(24)22(12)2)27-14-7-8-23(11-14)29(25,26)16-5-3-13(4-6-16)28-18(19,20)21/h3-6,9-10,14H,7-8,11H2,1-2H3. The Morgan fingerprint density at radius 3 is 2.34 bits per heavy atom. The topological polar surface area (TPSA) is 77.8 Å². The monoisotopic (exact) mass is 432 g/mol. The predicted octanol–water partition coefficient (Wildman–Crippen LogP) is 2.43. The highest BCUT2D eigenvalue weighted by Crippen LogP contribution is 2.27. The van der Waals surface area contributed by atoms with Gasteiger partial charge in [0.2, 0.25) is 10.0 Å². The van der Waals surface area contributed by atoms with Crippen molar-refractivity contribution in [1.82, 2.24) is 8.87 Å². The van der Waals surface area contributed by atoms with E-state index in [1.165, 1.54) is 14.9 Å². The van der Waals surface area contributed by atoms with Crippen molar-refractivity contribution in [3.63, 3.8) is 0 Å². The molecule has 1 aliphatic rings. The Hall–Kier alpha value is -2.53. The number of sulfonamides is 1. The van der Waals surface area contributed by atoms with Crippen molar-refractivity contribution in [3.05, 3.63) is 52.4 Å². The SMILES string of the molecule is Cc1cc(OC2CCN(S(=O)(=O)c3ccc(OC(F)(F)F)cc3)C2)cc(=O)n1C. The van der Waals surface area contributed by atoms with Crippen LogP contribution in [0.3, 0.4) is 0 Å². The number of ether oxygens (including phenoxy) is 2. The molecule has 2 aromatic rings. The molecule has 1 unspecified atom stereocenters. The Labute approximate surface area is 165 Å². The molecule has 3 rings (SSSR count). The molecule has 0 N–H and O–H groups in total. The van der Waals surface area contributed by atoms with E-state index in [2.05, 4.69) is 4.74 Å². The first-order valence-corrected chi connectivity index (χ1v) is 10.1. The molecule has 0 radical (unpaired) electrons. The minimum absolute atomic E-state index is 0.0669. The molecule has 1 saturated heterocycles. The Balaban J connectivity index is 1.69. The van der Waals surface area contributed by atoms with Crippen LogP contribution in [-0.4, -0.2) is 42.8 Å². The Morgan fingerprint density at radius 2 is 1.76 bits per heavy atom. The van der Waals surface area contributed by atoms with Gasteiger partial charge >= 0.3 is 6.36 Å². The molecule has 0 aliphatic carbocycles. The van der Waals surface area contributed by atoms with Gasteiger partial charge < -0.3 is 14.0 Å². The van der Waals surface area contributed by atoms with E-state index in [0.29, 0.717) is 17.9 Å². The third-order valence-corrected chi connectivity index (χ3v) is 6.46. The van der Waals surface area contributed by atoms with E-state index in [9.17, 15) is 26.4 Å². The minimum Gasteiger partial charge on any atom is -0.489 e. The summed E-state index contributed by atoms with van der Waals surface area (Å²) in [7, 11) is -2.26. The fourth-order valence-electron chi connectivity index (χ4n) is 2.97. The Morgan fingerprint density at radius 1 is 1.10 bits per heavy atom. The number of pyridine rings is 1. The van der Waals surface area contributed by atoms with Crippen molar-refractivity contribution in [2.24, 2.45) is 7.05 Å². The number of benzene rings is 1. The summed E-state index contributed by atoms with van der Waals surface area (Å²) in [4.78, 5) is 11.7. The number of rotatable bonds is 5. The molecule has 1 aromatic heterocycles. The zero-order valence-electron chi connectivity index (χ0n) is 15.6. The van der Waals surface area contributed by atoms with Crippen LogP contribution in [0.15, 0.2) is 46.1 Å². The maximum atomic E-state index is 12.7. The van der Waals surface area contributed by atoms with Crippen molar-refractivity contribution >= 4 is 10.0 Å². The van der Waals surface area contributed by atoms with Crippen molar-refractivity contribution in [1.29, 1.82) is 0 Å². The summed E-state index contributed by atoms with van der Waals surface area (Å²) in [5.41, 5.74) is 0.472. The van der Waals surface area contributed by atoms with Gasteiger partial charge in [0.15, 0.2) is 0 Å². The third kappa shape index (κ3) is 4.91. The summed E-state index contributed by atoms with van der Waals surface area (Å²) in [6.07, 6.45) is -4.87. The first-order valence-electron chi connectivity index (χ1n) is 8.66. The summed E-state index contributed by atoms with van der Waals surface area (Å²) in [5.74, 6) is -0.136. The molecule has 1 aromatic carbocycles. The van der Waals surface area contributed by atoms with Crippen molar-refractivity contribution < 1.29 is 31.1 Å². The van der Waals surface area contributed by atoms with Gasteiger partial charge in [0, 0.05) is 25.4 Å². The number of halogens is 3. The summed E-state index contributed by atoms with van der Waals surface area (Å²) in [6, 6.07) is 7.06. The average Bonchev–Trinajstić information content (AvgIpc) is 3.08. The first-order chi connectivity index (χ1) is 13.5. The van der Waals surface area contributed by atoms with E-state index < -0.39 is 28.2 Å². The minimum atomic E-state index is -4.85. The van der Waals surface area contributed by atoms with E-state index in [1.54, 1.807) is 20.0 Å². The van der Waals surface area contributed by atoms with Crippen LogP contribution < -0.4 is 15.0 Å². The van der Waals surface area contributed by atoms with Crippen molar-refractivity contribution in [3.8, 4) is 11.5 Å². The normalized spacial score (nSPS) is 18.0. The summed E-state index contributed by atoms with van der Waals surface area (Å²) in [6.45, 7) is 2.01. The van der Waals surface area contributed by atoms with Gasteiger partial charge in [-0.1, -0.05) is 0 Å². The maximum Gasteiger partial charge on any atom is 0.573 e. The van der Waals surface area contributed by atoms with E-state index in [0.717, 1.165) is 24.3 Å². The quantitative estimate of drug-likeness (QED) is 0.725. The van der Waals surface area contributed by atoms with E-state index in [4.69, 9.17) is 4.74 Å². The number of hydrogen-bond donors (Lipinski definition) is 0. The molecular formula is C18H19F3N2O5S. The molecule has 29 heavy (non-hydrogen) atoms. The molecule has 0 bridgehead atoms. The predicted molar refractivity (Wildman–Crippen MR) is 97.3 cm³/mol. The van der Waals surface area contributed by atoms with Crippen molar-refractivity contribution in [2.75, 3.05) is 13.1 Å². The molecule has 1 aliphatic heterocycles. The second-order valence-corrected chi connectivity index (χ2v) is 8.58. The van der Waals surface area contributed by atoms with E-state index in [1.807, 2.05) is 0 Å². The van der Waals surface area contributed by atoms with Gasteiger partial charge in [-0.25, -0.2) is 8.42 Å². The second kappa shape index (κ2) is 7.71. The highest BCUT2D eigenvalue weighted by atomic mass is 32.2. The summed E-state index contributed by atoms with van der Waals surface area (Å²) in [5, 5.41) is 0. The lowest BCUT2D eigenvalue weighted by Gasteiger charge is -2.18. The van der Waals surface area contributed by atoms with Crippen LogP contribution in [0.5, 0.6) is 11.5 Å². The molecule has 158 valence electrons. The van der Waals surface area contributed by atoms with Gasteiger partial charge in [0.25, 0.3) is 5.56 Å². The Bertz CT molecular complexity index is 1050. The number of aromatic nitrogens is 1. The molecule has 0 amide bonds. The Kier molecular flexibility index (Phi) is 5.63. The van der Waals surface area contributed by atoms with Crippen LogP contribution in [-0.2, 0) is 17.1 Å². The number of nitrogens with zero attached hydrogens (tertiary/aromatic N) is 2. The van der Waals surface area contributed by atoms with Crippen LogP contribution in [0.1, 0.15) is 12.1 Å². The molecule has 11 heteroatoms. The van der Waals surface area contributed by atoms with Gasteiger partial charge in [-0.3, -0.25) is 4.79 Å². The van der Waals surface area contributed by atoms with Gasteiger partial charge in [-0.05, 0) is 43.7 Å². The first kappa shape index (κ1) is 21.2. The number of alkyl halides is 3. The third-order valence-electron chi connectivity index (χ3n) is 4.58. The lowest BCUT2D eigenvalue weighted by molar-refractivity contribution is -0.274. The van der Waals surface area contributed by atoms with Crippen LogP contribution in [0.25, 0.3) is 0 Å². The molecule has 7 nitrogen and oxygen atoms in total. The molecule has 2 heterocycles. The molecule has 0 saturated carbocycles. The fraction of sp³-hybridized carbons (Fsp3) is 0.389. The number of hydrogen-bond acceptors (Lipinski definition) is 5. The number of aryl methyl sites for hydroxylation is 1.